The van der Waals surface area contributed by atoms with Crippen molar-refractivity contribution in [3.05, 3.63) is 11.8 Å². The number of oxime groups is 1. The van der Waals surface area contributed by atoms with Gasteiger partial charge in [0.05, 0.1) is 25.0 Å². The molecule has 2 fully saturated rings. The highest BCUT2D eigenvalue weighted by Crippen LogP contribution is 2.40. The van der Waals surface area contributed by atoms with E-state index in [1.54, 1.807) is 0 Å². The van der Waals surface area contributed by atoms with Gasteiger partial charge >= 0.3 is 0 Å². The van der Waals surface area contributed by atoms with E-state index in [1.807, 2.05) is 29.8 Å². The van der Waals surface area contributed by atoms with Gasteiger partial charge in [0.1, 0.15) is 6.61 Å². The van der Waals surface area contributed by atoms with E-state index in [-0.39, 0.29) is 5.91 Å². The molecule has 0 unspecified atom stereocenters. The van der Waals surface area contributed by atoms with Gasteiger partial charge in [0.15, 0.2) is 5.84 Å². The van der Waals surface area contributed by atoms with Crippen molar-refractivity contribution in [1.29, 1.82) is 0 Å². The van der Waals surface area contributed by atoms with Gasteiger partial charge in [0.25, 0.3) is 0 Å². The lowest BCUT2D eigenvalue weighted by atomic mass is 10.1. The lowest BCUT2D eigenvalue weighted by Crippen LogP contribution is -2.52. The molecule has 0 aliphatic carbocycles. The molecule has 0 spiro atoms. The van der Waals surface area contributed by atoms with Crippen molar-refractivity contribution >= 4 is 23.5 Å². The minimum absolute atomic E-state index is 0.189. The summed E-state index contributed by atoms with van der Waals surface area (Å²) in [5.74, 6) is 1.04. The van der Waals surface area contributed by atoms with Crippen LogP contribution in [0.1, 0.15) is 20.3 Å². The Morgan fingerprint density at radius 2 is 2.29 bits per heavy atom. The number of thioether (sulfide) groups is 1. The second-order valence-electron chi connectivity index (χ2n) is 5.25. The van der Waals surface area contributed by atoms with E-state index in [0.29, 0.717) is 36.9 Å². The summed E-state index contributed by atoms with van der Waals surface area (Å²) >= 11 is 1.82. The molecule has 3 rings (SSSR count). The maximum absolute atomic E-state index is 11.7. The molecule has 0 aromatic heterocycles. The van der Waals surface area contributed by atoms with Crippen LogP contribution < -0.4 is 0 Å². The van der Waals surface area contributed by atoms with Gasteiger partial charge in [-0.15, -0.1) is 11.8 Å². The number of ether oxygens (including phenoxy) is 1. The number of morpholine rings is 1. The minimum atomic E-state index is 0.189. The maximum atomic E-state index is 11.7. The zero-order valence-corrected chi connectivity index (χ0v) is 13.3. The van der Waals surface area contributed by atoms with Crippen LogP contribution in [0.2, 0.25) is 0 Å². The van der Waals surface area contributed by atoms with Crippen LogP contribution in [0.4, 0.5) is 0 Å². The number of nitrogens with zero attached hydrogens (tertiary/aromatic N) is 3. The first-order valence-corrected chi connectivity index (χ1v) is 8.36. The normalized spacial score (nSPS) is 29.7. The predicted octanol–water partition coefficient (Wildman–Crippen LogP) is 1.25. The number of carbonyl (C=O) groups is 1. The fraction of sp³-hybridized carbons (Fsp3) is 0.714. The third kappa shape index (κ3) is 2.89. The number of β-lactam (4-membered cyclic amide) rings is 1. The predicted molar refractivity (Wildman–Crippen MR) is 81.8 cm³/mol. The van der Waals surface area contributed by atoms with Crippen LogP contribution in [-0.4, -0.2) is 65.1 Å². The molecule has 3 aliphatic rings. The average molecular weight is 311 g/mol. The van der Waals surface area contributed by atoms with Crippen LogP contribution >= 0.6 is 11.8 Å². The molecular formula is C14H21N3O3S. The van der Waals surface area contributed by atoms with Crippen LogP contribution in [0.15, 0.2) is 16.9 Å². The van der Waals surface area contributed by atoms with Gasteiger partial charge in [-0.1, -0.05) is 5.16 Å². The summed E-state index contributed by atoms with van der Waals surface area (Å²) in [5, 5.41) is 4.92. The molecule has 3 heterocycles. The molecule has 6 nitrogen and oxygen atoms in total. The van der Waals surface area contributed by atoms with Gasteiger partial charge in [0.2, 0.25) is 5.91 Å². The monoisotopic (exact) mass is 311 g/mol. The van der Waals surface area contributed by atoms with Crippen LogP contribution in [0, 0.1) is 0 Å². The topological polar surface area (TPSA) is 54.4 Å². The van der Waals surface area contributed by atoms with E-state index >= 15 is 0 Å². The molecule has 1 amide bonds. The second kappa shape index (κ2) is 6.27. The molecule has 0 bridgehead atoms. The number of carbonyl (C=O) groups excluding carboxylic acids is 1. The van der Waals surface area contributed by atoms with Crippen molar-refractivity contribution in [3.8, 4) is 0 Å². The van der Waals surface area contributed by atoms with Gasteiger partial charge in [-0.05, 0) is 13.8 Å². The van der Waals surface area contributed by atoms with Crippen LogP contribution in [-0.2, 0) is 14.4 Å². The smallest absolute Gasteiger partial charge is 0.230 e. The SMILES string of the molecule is CCON=C(C1=CN2C(=O)C[C@@H]2S[C@@H]1C)N1CCOCC1. The summed E-state index contributed by atoms with van der Waals surface area (Å²) in [6.07, 6.45) is 2.61. The molecule has 3 aliphatic heterocycles. The number of amides is 1. The van der Waals surface area contributed by atoms with E-state index in [9.17, 15) is 4.79 Å². The highest BCUT2D eigenvalue weighted by atomic mass is 32.2. The van der Waals surface area contributed by atoms with E-state index in [2.05, 4.69) is 17.0 Å². The van der Waals surface area contributed by atoms with Crippen LogP contribution in [0.3, 0.4) is 0 Å². The van der Waals surface area contributed by atoms with E-state index < -0.39 is 0 Å². The Kier molecular flexibility index (Phi) is 4.40. The first-order chi connectivity index (χ1) is 10.2. The second-order valence-corrected chi connectivity index (χ2v) is 6.78. The Labute approximate surface area is 129 Å². The zero-order chi connectivity index (χ0) is 14.8. The van der Waals surface area contributed by atoms with Crippen LogP contribution in [0.25, 0.3) is 0 Å². The standard InChI is InChI=1S/C14H21N3O3S/c1-3-20-15-14(16-4-6-19-7-5-16)11-9-17-12(18)8-13(17)21-10(11)2/h9-10,13H,3-8H2,1-2H3/t10-,13+/m1/s1. The summed E-state index contributed by atoms with van der Waals surface area (Å²) in [4.78, 5) is 21.0. The molecule has 2 atom stereocenters. The van der Waals surface area contributed by atoms with Crippen molar-refractivity contribution in [2.45, 2.75) is 30.9 Å². The Balaban J connectivity index is 1.85. The number of hydrogen-bond acceptors (Lipinski definition) is 5. The quantitative estimate of drug-likeness (QED) is 0.340. The third-order valence-electron chi connectivity index (χ3n) is 3.87. The van der Waals surface area contributed by atoms with E-state index in [4.69, 9.17) is 9.57 Å². The molecule has 0 radical (unpaired) electrons. The van der Waals surface area contributed by atoms with Crippen LogP contribution in [0.5, 0.6) is 0 Å². The molecule has 2 saturated heterocycles. The summed E-state index contributed by atoms with van der Waals surface area (Å²) in [7, 11) is 0. The summed E-state index contributed by atoms with van der Waals surface area (Å²) in [6.45, 7) is 7.63. The first kappa shape index (κ1) is 14.7. The summed E-state index contributed by atoms with van der Waals surface area (Å²) in [6, 6.07) is 0. The van der Waals surface area contributed by atoms with Gasteiger partial charge in [-0.2, -0.15) is 0 Å². The average Bonchev–Trinajstić information content (AvgIpc) is 2.50. The lowest BCUT2D eigenvalue weighted by molar-refractivity contribution is -0.137. The maximum Gasteiger partial charge on any atom is 0.230 e. The largest absolute Gasteiger partial charge is 0.394 e. The Bertz CT molecular complexity index is 474. The number of rotatable bonds is 3. The molecule has 0 aromatic carbocycles. The zero-order valence-electron chi connectivity index (χ0n) is 12.4. The Morgan fingerprint density at radius 3 is 2.95 bits per heavy atom. The molecule has 0 aromatic rings. The molecule has 116 valence electrons. The first-order valence-electron chi connectivity index (χ1n) is 7.42. The van der Waals surface area contributed by atoms with Crippen molar-refractivity contribution < 1.29 is 14.4 Å². The Morgan fingerprint density at radius 1 is 1.52 bits per heavy atom. The number of hydrogen-bond donors (Lipinski definition) is 0. The van der Waals surface area contributed by atoms with Gasteiger partial charge in [0, 0.05) is 30.1 Å². The van der Waals surface area contributed by atoms with E-state index in [0.717, 1.165) is 24.5 Å². The van der Waals surface area contributed by atoms with Crippen molar-refractivity contribution in [2.75, 3.05) is 32.9 Å². The molecule has 7 heteroatoms. The molecule has 21 heavy (non-hydrogen) atoms. The summed E-state index contributed by atoms with van der Waals surface area (Å²) in [5.41, 5.74) is 1.07. The summed E-state index contributed by atoms with van der Waals surface area (Å²) < 4.78 is 5.41. The lowest BCUT2D eigenvalue weighted by Gasteiger charge is -2.44. The Hall–Kier alpha value is -1.21. The van der Waals surface area contributed by atoms with E-state index in [1.165, 1.54) is 0 Å². The molecular weight excluding hydrogens is 290 g/mol. The van der Waals surface area contributed by atoms with Gasteiger partial charge in [-0.3, -0.25) is 4.79 Å². The number of amidine groups is 1. The highest BCUT2D eigenvalue weighted by Gasteiger charge is 2.42. The van der Waals surface area contributed by atoms with Crippen molar-refractivity contribution in [3.63, 3.8) is 0 Å². The van der Waals surface area contributed by atoms with Gasteiger partial charge in [-0.25, -0.2) is 0 Å². The fourth-order valence-electron chi connectivity index (χ4n) is 2.67. The molecule has 0 N–H and O–H groups in total. The van der Waals surface area contributed by atoms with Gasteiger partial charge < -0.3 is 19.4 Å². The molecule has 0 saturated carbocycles. The van der Waals surface area contributed by atoms with Crippen molar-refractivity contribution in [2.24, 2.45) is 5.16 Å². The number of fused-ring (bicyclic) bond motifs is 1. The highest BCUT2D eigenvalue weighted by molar-refractivity contribution is 8.00. The third-order valence-corrected chi connectivity index (χ3v) is 5.24. The minimum Gasteiger partial charge on any atom is -0.394 e. The van der Waals surface area contributed by atoms with Crippen molar-refractivity contribution in [1.82, 2.24) is 9.80 Å². The fourth-order valence-corrected chi connectivity index (χ4v) is 4.00.